The van der Waals surface area contributed by atoms with Crippen molar-refractivity contribution in [3.63, 3.8) is 0 Å². The molecule has 0 N–H and O–H groups in total. The summed E-state index contributed by atoms with van der Waals surface area (Å²) in [6.07, 6.45) is 0. The van der Waals surface area contributed by atoms with Crippen molar-refractivity contribution < 1.29 is 13.5 Å². The van der Waals surface area contributed by atoms with E-state index in [1.165, 1.54) is 0 Å². The number of alkyl halides is 2. The molecule has 0 saturated carbocycles. The average Bonchev–Trinajstić information content (AvgIpc) is 2.05. The van der Waals surface area contributed by atoms with Gasteiger partial charge >= 0.3 is 6.61 Å². The van der Waals surface area contributed by atoms with Crippen LogP contribution < -0.4 is 4.74 Å². The van der Waals surface area contributed by atoms with Crippen molar-refractivity contribution in [1.29, 1.82) is 0 Å². The molecule has 0 spiro atoms. The first-order valence-corrected chi connectivity index (χ1v) is 4.87. The number of ether oxygens (including phenoxy) is 1. The second-order valence-electron chi connectivity index (χ2n) is 4.56. The Morgan fingerprint density at radius 2 is 1.80 bits per heavy atom. The van der Waals surface area contributed by atoms with E-state index in [0.29, 0.717) is 0 Å². The highest BCUT2D eigenvalue weighted by Crippen LogP contribution is 2.31. The number of benzene rings is 1. The Morgan fingerprint density at radius 1 is 1.20 bits per heavy atom. The largest absolute Gasteiger partial charge is 0.435 e. The Hall–Kier alpha value is -1.12. The van der Waals surface area contributed by atoms with E-state index >= 15 is 0 Å². The van der Waals surface area contributed by atoms with Gasteiger partial charge in [-0.25, -0.2) is 0 Å². The maximum Gasteiger partial charge on any atom is 0.387 e. The Kier molecular flexibility index (Phi) is 3.32. The van der Waals surface area contributed by atoms with Crippen molar-refractivity contribution >= 4 is 0 Å². The first kappa shape index (κ1) is 12.0. The fraction of sp³-hybridized carbons (Fsp3) is 0.500. The Balaban J connectivity index is 3.12. The molecule has 0 aliphatic heterocycles. The second kappa shape index (κ2) is 4.17. The minimum absolute atomic E-state index is 0.0639. The van der Waals surface area contributed by atoms with Gasteiger partial charge in [-0.3, -0.25) is 0 Å². The van der Waals surface area contributed by atoms with Crippen molar-refractivity contribution in [3.8, 4) is 5.75 Å². The molecule has 1 aromatic rings. The lowest BCUT2D eigenvalue weighted by Crippen LogP contribution is -2.14. The fourth-order valence-electron chi connectivity index (χ4n) is 1.65. The molecular formula is C12H16F2O. The molecule has 0 aromatic heterocycles. The van der Waals surface area contributed by atoms with E-state index in [4.69, 9.17) is 0 Å². The van der Waals surface area contributed by atoms with E-state index < -0.39 is 6.61 Å². The first-order chi connectivity index (χ1) is 6.82. The summed E-state index contributed by atoms with van der Waals surface area (Å²) < 4.78 is 28.7. The lowest BCUT2D eigenvalue weighted by atomic mass is 9.84. The average molecular weight is 214 g/mol. The van der Waals surface area contributed by atoms with Gasteiger partial charge in [-0.2, -0.15) is 8.78 Å². The van der Waals surface area contributed by atoms with E-state index in [1.807, 2.05) is 26.8 Å². The lowest BCUT2D eigenvalue weighted by molar-refractivity contribution is -0.0503. The van der Waals surface area contributed by atoms with Crippen LogP contribution in [0.25, 0.3) is 0 Å². The summed E-state index contributed by atoms with van der Waals surface area (Å²) in [5, 5.41) is 0. The number of hydrogen-bond donors (Lipinski definition) is 0. The van der Waals surface area contributed by atoms with Crippen molar-refractivity contribution in [3.05, 3.63) is 29.3 Å². The molecule has 0 fully saturated rings. The SMILES string of the molecule is Cc1c(OC(F)F)cccc1C(C)(C)C. The van der Waals surface area contributed by atoms with Gasteiger partial charge in [0.05, 0.1) is 0 Å². The standard InChI is InChI=1S/C12H16F2O/c1-8-9(12(2,3)4)6-5-7-10(8)15-11(13)14/h5-7,11H,1-4H3. The molecule has 0 heterocycles. The topological polar surface area (TPSA) is 9.23 Å². The number of halogens is 2. The highest BCUT2D eigenvalue weighted by Gasteiger charge is 2.19. The maximum atomic E-state index is 12.1. The number of rotatable bonds is 2. The molecule has 0 unspecified atom stereocenters. The van der Waals surface area contributed by atoms with Crippen molar-refractivity contribution in [2.75, 3.05) is 0 Å². The minimum Gasteiger partial charge on any atom is -0.435 e. The van der Waals surface area contributed by atoms with E-state index in [0.717, 1.165) is 11.1 Å². The maximum absolute atomic E-state index is 12.1. The predicted octanol–water partition coefficient (Wildman–Crippen LogP) is 3.89. The molecule has 1 rings (SSSR count). The summed E-state index contributed by atoms with van der Waals surface area (Å²) >= 11 is 0. The Labute approximate surface area is 89.1 Å². The van der Waals surface area contributed by atoms with E-state index in [1.54, 1.807) is 19.1 Å². The van der Waals surface area contributed by atoms with E-state index in [9.17, 15) is 8.78 Å². The van der Waals surface area contributed by atoms with Gasteiger partial charge in [0, 0.05) is 0 Å². The molecule has 84 valence electrons. The molecule has 0 radical (unpaired) electrons. The van der Waals surface area contributed by atoms with Crippen LogP contribution in [0.5, 0.6) is 5.75 Å². The number of hydrogen-bond acceptors (Lipinski definition) is 1. The monoisotopic (exact) mass is 214 g/mol. The van der Waals surface area contributed by atoms with Crippen LogP contribution in [0.1, 0.15) is 31.9 Å². The van der Waals surface area contributed by atoms with E-state index in [-0.39, 0.29) is 11.2 Å². The van der Waals surface area contributed by atoms with Crippen LogP contribution in [-0.2, 0) is 5.41 Å². The van der Waals surface area contributed by atoms with Crippen LogP contribution in [0, 0.1) is 6.92 Å². The highest BCUT2D eigenvalue weighted by molar-refractivity contribution is 5.42. The molecular weight excluding hydrogens is 198 g/mol. The molecule has 0 atom stereocenters. The summed E-state index contributed by atoms with van der Waals surface area (Å²) in [5.41, 5.74) is 1.75. The highest BCUT2D eigenvalue weighted by atomic mass is 19.3. The summed E-state index contributed by atoms with van der Waals surface area (Å²) in [6, 6.07) is 5.25. The van der Waals surface area contributed by atoms with Crippen molar-refractivity contribution in [2.45, 2.75) is 39.7 Å². The summed E-state index contributed by atoms with van der Waals surface area (Å²) in [5.74, 6) is 0.262. The molecule has 0 amide bonds. The van der Waals surface area contributed by atoms with Crippen molar-refractivity contribution in [1.82, 2.24) is 0 Å². The van der Waals surface area contributed by atoms with Crippen LogP contribution in [0.4, 0.5) is 8.78 Å². The van der Waals surface area contributed by atoms with Gasteiger partial charge in [0.1, 0.15) is 5.75 Å². The molecule has 0 saturated heterocycles. The molecule has 0 aliphatic rings. The van der Waals surface area contributed by atoms with Gasteiger partial charge < -0.3 is 4.74 Å². The van der Waals surface area contributed by atoms with Crippen molar-refractivity contribution in [2.24, 2.45) is 0 Å². The zero-order chi connectivity index (χ0) is 11.6. The quantitative estimate of drug-likeness (QED) is 0.725. The molecule has 1 aromatic carbocycles. The van der Waals surface area contributed by atoms with E-state index in [2.05, 4.69) is 4.74 Å². The third-order valence-corrected chi connectivity index (χ3v) is 2.31. The van der Waals surface area contributed by atoms with Gasteiger partial charge in [-0.05, 0) is 29.5 Å². The molecule has 0 aliphatic carbocycles. The fourth-order valence-corrected chi connectivity index (χ4v) is 1.65. The Bertz CT molecular complexity index is 340. The zero-order valence-corrected chi connectivity index (χ0v) is 9.47. The lowest BCUT2D eigenvalue weighted by Gasteiger charge is -2.23. The third kappa shape index (κ3) is 2.91. The van der Waals surface area contributed by atoms with Gasteiger partial charge in [-0.15, -0.1) is 0 Å². The van der Waals surface area contributed by atoms with Gasteiger partial charge in [0.15, 0.2) is 0 Å². The third-order valence-electron chi connectivity index (χ3n) is 2.31. The molecule has 0 bridgehead atoms. The summed E-state index contributed by atoms with van der Waals surface area (Å²) in [6.45, 7) is 5.17. The normalized spacial score (nSPS) is 11.9. The van der Waals surface area contributed by atoms with Gasteiger partial charge in [-0.1, -0.05) is 32.9 Å². The first-order valence-electron chi connectivity index (χ1n) is 4.87. The van der Waals surface area contributed by atoms with Gasteiger partial charge in [0.25, 0.3) is 0 Å². The smallest absolute Gasteiger partial charge is 0.387 e. The van der Waals surface area contributed by atoms with Crippen LogP contribution >= 0.6 is 0 Å². The van der Waals surface area contributed by atoms with Crippen LogP contribution in [0.2, 0.25) is 0 Å². The minimum atomic E-state index is -2.76. The van der Waals surface area contributed by atoms with Crippen LogP contribution in [0.3, 0.4) is 0 Å². The Morgan fingerprint density at radius 3 is 2.27 bits per heavy atom. The molecule has 3 heteroatoms. The van der Waals surface area contributed by atoms with Crippen LogP contribution in [0.15, 0.2) is 18.2 Å². The summed E-state index contributed by atoms with van der Waals surface area (Å²) in [4.78, 5) is 0. The molecule has 15 heavy (non-hydrogen) atoms. The molecule has 1 nitrogen and oxygen atoms in total. The summed E-state index contributed by atoms with van der Waals surface area (Å²) in [7, 11) is 0. The second-order valence-corrected chi connectivity index (χ2v) is 4.56. The predicted molar refractivity (Wildman–Crippen MR) is 56.5 cm³/mol. The van der Waals surface area contributed by atoms with Crippen LogP contribution in [-0.4, -0.2) is 6.61 Å². The zero-order valence-electron chi connectivity index (χ0n) is 9.47. The van der Waals surface area contributed by atoms with Gasteiger partial charge in [0.2, 0.25) is 0 Å².